The molecule has 0 atom stereocenters. The van der Waals surface area contributed by atoms with Crippen molar-refractivity contribution in [1.29, 1.82) is 0 Å². The van der Waals surface area contributed by atoms with Crippen LogP contribution in [0.25, 0.3) is 0 Å². The number of cyclic esters (lactones) is 4. The predicted octanol–water partition coefficient (Wildman–Crippen LogP) is 3.90. The standard InChI is InChI=1S/C11H12O3.C8H10O5.C7H8O.C6H8O4.C2H3ClO/c1-9(12)7-11(13)14-8-10-5-3-2-4-6-10;1-4(9)5-6(10)12-8(2,3)13-7(5)11;8-6-7-4-2-1-3-5-7;1-6(2)9-4(7)3-5(8)10-6;1-2(3)4/h2-6H,7-8H2,1H3;5H,1-3H3;1-5,8H,6H2;3H2,1-2H3;1H3. The van der Waals surface area contributed by atoms with Gasteiger partial charge < -0.3 is 28.8 Å². The van der Waals surface area contributed by atoms with Crippen molar-refractivity contribution in [2.75, 3.05) is 0 Å². The first-order valence-electron chi connectivity index (χ1n) is 14.6. The molecule has 2 aliphatic rings. The lowest BCUT2D eigenvalue weighted by Gasteiger charge is -2.31. The maximum atomic E-state index is 11.1. The number of ether oxygens (including phenoxy) is 5. The molecule has 14 nitrogen and oxygen atoms in total. The van der Waals surface area contributed by atoms with Gasteiger partial charge in [0, 0.05) is 34.6 Å². The van der Waals surface area contributed by atoms with Crippen molar-refractivity contribution in [3.8, 4) is 0 Å². The van der Waals surface area contributed by atoms with Crippen molar-refractivity contribution in [1.82, 2.24) is 0 Å². The summed E-state index contributed by atoms with van der Waals surface area (Å²) in [4.78, 5) is 85.0. The quantitative estimate of drug-likeness (QED) is 0.196. The number of aliphatic hydroxyl groups is 1. The Kier molecular flexibility index (Phi) is 19.6. The van der Waals surface area contributed by atoms with Gasteiger partial charge in [-0.3, -0.25) is 38.4 Å². The Bertz CT molecular complexity index is 1390. The van der Waals surface area contributed by atoms with Crippen molar-refractivity contribution < 1.29 is 67.1 Å². The molecule has 0 spiro atoms. The lowest BCUT2D eigenvalue weighted by molar-refractivity contribution is -0.238. The van der Waals surface area contributed by atoms with Gasteiger partial charge in [-0.1, -0.05) is 60.7 Å². The van der Waals surface area contributed by atoms with Crippen LogP contribution in [0.4, 0.5) is 0 Å². The number of benzene rings is 2. The molecule has 0 bridgehead atoms. The molecule has 0 saturated carbocycles. The molecule has 268 valence electrons. The number of carbonyl (C=O) groups is 8. The summed E-state index contributed by atoms with van der Waals surface area (Å²) in [6.07, 6.45) is -0.420. The Morgan fingerprint density at radius 1 is 0.735 bits per heavy atom. The van der Waals surface area contributed by atoms with Gasteiger partial charge in [0.25, 0.3) is 11.6 Å². The summed E-state index contributed by atoms with van der Waals surface area (Å²) in [7, 11) is 0. The van der Waals surface area contributed by atoms with Crippen molar-refractivity contribution in [3.05, 3.63) is 71.8 Å². The molecular weight excluding hydrogens is 668 g/mol. The van der Waals surface area contributed by atoms with E-state index in [9.17, 15) is 38.4 Å². The molecule has 0 radical (unpaired) electrons. The monoisotopic (exact) mass is 708 g/mol. The first-order valence-corrected chi connectivity index (χ1v) is 15.0. The Morgan fingerprint density at radius 2 is 1.12 bits per heavy atom. The number of aliphatic hydroxyl groups excluding tert-OH is 1. The summed E-state index contributed by atoms with van der Waals surface area (Å²) in [6.45, 7) is 10.1. The van der Waals surface area contributed by atoms with Gasteiger partial charge in [0.1, 0.15) is 25.2 Å². The third-order valence-corrected chi connectivity index (χ3v) is 5.24. The van der Waals surface area contributed by atoms with Crippen molar-refractivity contribution in [3.63, 3.8) is 0 Å². The molecule has 0 aromatic heterocycles. The molecule has 0 amide bonds. The van der Waals surface area contributed by atoms with E-state index in [2.05, 4.69) is 21.1 Å². The molecule has 15 heteroatoms. The number of esters is 5. The van der Waals surface area contributed by atoms with E-state index < -0.39 is 53.1 Å². The van der Waals surface area contributed by atoms with E-state index in [-0.39, 0.29) is 37.1 Å². The van der Waals surface area contributed by atoms with Gasteiger partial charge in [-0.2, -0.15) is 0 Å². The third kappa shape index (κ3) is 21.5. The zero-order valence-electron chi connectivity index (χ0n) is 28.3. The van der Waals surface area contributed by atoms with Crippen LogP contribution in [0.1, 0.15) is 72.4 Å². The minimum atomic E-state index is -1.41. The normalized spacial score (nSPS) is 15.4. The molecular formula is C34H41ClO14. The van der Waals surface area contributed by atoms with Gasteiger partial charge in [-0.15, -0.1) is 0 Å². The summed E-state index contributed by atoms with van der Waals surface area (Å²) in [5.74, 6) is -7.69. The van der Waals surface area contributed by atoms with E-state index >= 15 is 0 Å². The second-order valence-electron chi connectivity index (χ2n) is 10.9. The van der Waals surface area contributed by atoms with Gasteiger partial charge in [0.15, 0.2) is 5.78 Å². The van der Waals surface area contributed by atoms with Crippen LogP contribution < -0.4 is 0 Å². The Labute approximate surface area is 288 Å². The number of carbonyl (C=O) groups excluding carboxylic acids is 8. The van der Waals surface area contributed by atoms with Crippen LogP contribution in [0, 0.1) is 5.92 Å². The average Bonchev–Trinajstić information content (AvgIpc) is 2.95. The van der Waals surface area contributed by atoms with Crippen molar-refractivity contribution >= 4 is 58.3 Å². The average molecular weight is 709 g/mol. The van der Waals surface area contributed by atoms with Gasteiger partial charge in [-0.05, 0) is 36.6 Å². The van der Waals surface area contributed by atoms with Crippen molar-refractivity contribution in [2.24, 2.45) is 5.92 Å². The number of hydrogen-bond donors (Lipinski definition) is 1. The first kappa shape index (κ1) is 44.0. The lowest BCUT2D eigenvalue weighted by Crippen LogP contribution is -2.48. The minimum Gasteiger partial charge on any atom is -0.460 e. The third-order valence-electron chi connectivity index (χ3n) is 5.24. The van der Waals surface area contributed by atoms with Crippen LogP contribution in [-0.4, -0.2) is 63.3 Å². The van der Waals surface area contributed by atoms with Crippen LogP contribution in [0.2, 0.25) is 0 Å². The molecule has 2 saturated heterocycles. The van der Waals surface area contributed by atoms with Gasteiger partial charge in [0.2, 0.25) is 11.2 Å². The topological polar surface area (TPSA) is 203 Å². The maximum Gasteiger partial charge on any atom is 0.331 e. The second kappa shape index (κ2) is 21.8. The molecule has 2 aliphatic heterocycles. The summed E-state index contributed by atoms with van der Waals surface area (Å²) >= 11 is 4.64. The smallest absolute Gasteiger partial charge is 0.331 e. The number of ketones is 2. The Hall–Kier alpha value is -4.95. The van der Waals surface area contributed by atoms with Crippen LogP contribution in [0.15, 0.2) is 60.7 Å². The number of rotatable bonds is 6. The van der Waals surface area contributed by atoms with E-state index in [4.69, 9.17) is 19.3 Å². The van der Waals surface area contributed by atoms with Gasteiger partial charge in [0.05, 0.1) is 6.61 Å². The molecule has 2 heterocycles. The molecule has 0 unspecified atom stereocenters. The second-order valence-corrected chi connectivity index (χ2v) is 11.5. The Morgan fingerprint density at radius 3 is 1.45 bits per heavy atom. The summed E-state index contributed by atoms with van der Waals surface area (Å²) < 4.78 is 23.6. The van der Waals surface area contributed by atoms with Crippen LogP contribution in [0.3, 0.4) is 0 Å². The fourth-order valence-electron chi connectivity index (χ4n) is 3.39. The minimum absolute atomic E-state index is 0.140. The molecule has 2 aromatic rings. The maximum absolute atomic E-state index is 11.1. The largest absolute Gasteiger partial charge is 0.460 e. The first-order chi connectivity index (χ1) is 22.7. The summed E-state index contributed by atoms with van der Waals surface area (Å²) in [6, 6.07) is 18.9. The highest BCUT2D eigenvalue weighted by Crippen LogP contribution is 2.23. The van der Waals surface area contributed by atoms with E-state index in [1.54, 1.807) is 0 Å². The van der Waals surface area contributed by atoms with Crippen LogP contribution in [-0.2, 0) is 75.3 Å². The summed E-state index contributed by atoms with van der Waals surface area (Å²) in [5, 5.41) is 8.18. The van der Waals surface area contributed by atoms with Crippen LogP contribution in [0.5, 0.6) is 0 Å². The van der Waals surface area contributed by atoms with Gasteiger partial charge in [-0.25, -0.2) is 0 Å². The number of Topliss-reactive ketones (excluding diaryl/α,β-unsaturated/α-hetero) is 2. The Balaban J connectivity index is 0.000000614. The molecule has 0 aliphatic carbocycles. The molecule has 49 heavy (non-hydrogen) atoms. The fourth-order valence-corrected chi connectivity index (χ4v) is 3.39. The highest BCUT2D eigenvalue weighted by molar-refractivity contribution is 6.62. The zero-order chi connectivity index (χ0) is 37.8. The summed E-state index contributed by atoms with van der Waals surface area (Å²) in [5.41, 5.74) is 1.89. The molecule has 4 rings (SSSR count). The van der Waals surface area contributed by atoms with E-state index in [1.165, 1.54) is 41.5 Å². The molecule has 2 aromatic carbocycles. The SMILES string of the molecule is CC(=O)C1C(=O)OC(C)(C)OC1=O.CC(=O)CC(=O)OCc1ccccc1.CC(=O)Cl.CC1(C)OC(=O)CC(=O)O1.OCc1ccccc1. The highest BCUT2D eigenvalue weighted by atomic mass is 35.5. The highest BCUT2D eigenvalue weighted by Gasteiger charge is 2.45. The van der Waals surface area contributed by atoms with Crippen LogP contribution >= 0.6 is 11.6 Å². The zero-order valence-corrected chi connectivity index (χ0v) is 29.1. The molecule has 2 fully saturated rings. The molecule has 1 N–H and O–H groups in total. The van der Waals surface area contributed by atoms with Crippen molar-refractivity contribution in [2.45, 2.75) is 86.1 Å². The number of hydrogen-bond acceptors (Lipinski definition) is 14. The predicted molar refractivity (Wildman–Crippen MR) is 172 cm³/mol. The van der Waals surface area contributed by atoms with E-state index in [1.807, 2.05) is 60.7 Å². The van der Waals surface area contributed by atoms with Gasteiger partial charge >= 0.3 is 29.8 Å². The number of halogens is 1. The van der Waals surface area contributed by atoms with E-state index in [0.717, 1.165) is 18.1 Å². The van der Waals surface area contributed by atoms with E-state index in [0.29, 0.717) is 0 Å². The lowest BCUT2D eigenvalue weighted by atomic mass is 10.0. The fraction of sp³-hybridized carbons (Fsp3) is 0.412.